The van der Waals surface area contributed by atoms with Crippen LogP contribution in [0.2, 0.25) is 0 Å². The number of pyridine rings is 1. The number of amides is 2. The van der Waals surface area contributed by atoms with Crippen LogP contribution in [0.1, 0.15) is 39.2 Å². The minimum atomic E-state index is 0.0270. The summed E-state index contributed by atoms with van der Waals surface area (Å²) in [6.45, 7) is 8.70. The van der Waals surface area contributed by atoms with Crippen molar-refractivity contribution >= 4 is 6.03 Å². The molecule has 5 nitrogen and oxygen atoms in total. The lowest BCUT2D eigenvalue weighted by atomic mass is 9.56. The van der Waals surface area contributed by atoms with Crippen LogP contribution < -0.4 is 5.32 Å². The number of nitrogens with zero attached hydrogens (tertiary/aromatic N) is 2. The van der Waals surface area contributed by atoms with Crippen LogP contribution in [0.3, 0.4) is 0 Å². The third-order valence-corrected chi connectivity index (χ3v) is 5.27. The number of urea groups is 1. The summed E-state index contributed by atoms with van der Waals surface area (Å²) in [5, 5.41) is 3.06. The first kappa shape index (κ1) is 16.2. The summed E-state index contributed by atoms with van der Waals surface area (Å²) in [5.41, 5.74) is 1.05. The molecule has 23 heavy (non-hydrogen) atoms. The van der Waals surface area contributed by atoms with Crippen LogP contribution in [0.5, 0.6) is 0 Å². The summed E-state index contributed by atoms with van der Waals surface area (Å²) in [4.78, 5) is 18.9. The van der Waals surface area contributed by atoms with E-state index >= 15 is 0 Å². The van der Waals surface area contributed by atoms with Gasteiger partial charge in [0, 0.05) is 49.5 Å². The van der Waals surface area contributed by atoms with Gasteiger partial charge in [-0.25, -0.2) is 4.79 Å². The molecule has 2 aliphatic rings. The molecule has 0 aromatic carbocycles. The Morgan fingerprint density at radius 2 is 2.35 bits per heavy atom. The molecule has 1 aromatic heterocycles. The number of hydrogen-bond acceptors (Lipinski definition) is 3. The molecule has 1 saturated heterocycles. The maximum atomic E-state index is 12.8. The standard InChI is InChI=1S/C18H27N3O2/c1-4-9-21(15-14-7-10-23-16(14)18(15,2)3)17(22)20-12-13-6-5-8-19-11-13/h5-6,8,11,14-16H,4,7,9-10,12H2,1-3H3,(H,20,22). The fraction of sp³-hybridized carbons (Fsp3) is 0.667. The van der Waals surface area contributed by atoms with Crippen LogP contribution in [-0.2, 0) is 11.3 Å². The molecule has 0 spiro atoms. The highest BCUT2D eigenvalue weighted by Crippen LogP contribution is 2.54. The Kier molecular flexibility index (Phi) is 4.57. The van der Waals surface area contributed by atoms with Crippen LogP contribution in [0, 0.1) is 11.3 Å². The van der Waals surface area contributed by atoms with E-state index in [2.05, 4.69) is 31.1 Å². The maximum Gasteiger partial charge on any atom is 0.317 e. The van der Waals surface area contributed by atoms with Gasteiger partial charge in [0.15, 0.2) is 0 Å². The zero-order valence-electron chi connectivity index (χ0n) is 14.3. The van der Waals surface area contributed by atoms with Gasteiger partial charge in [0.25, 0.3) is 0 Å². The molecular formula is C18H27N3O2. The first-order valence-electron chi connectivity index (χ1n) is 8.60. The van der Waals surface area contributed by atoms with Crippen molar-refractivity contribution < 1.29 is 9.53 Å². The van der Waals surface area contributed by atoms with Gasteiger partial charge in [-0.1, -0.05) is 26.8 Å². The van der Waals surface area contributed by atoms with Gasteiger partial charge in [-0.2, -0.15) is 0 Å². The van der Waals surface area contributed by atoms with Crippen LogP contribution in [0.25, 0.3) is 0 Å². The summed E-state index contributed by atoms with van der Waals surface area (Å²) < 4.78 is 5.87. The minimum Gasteiger partial charge on any atom is -0.377 e. The van der Waals surface area contributed by atoms with Gasteiger partial charge in [-0.15, -0.1) is 0 Å². The topological polar surface area (TPSA) is 54.5 Å². The predicted octanol–water partition coefficient (Wildman–Crippen LogP) is 2.82. The number of ether oxygens (including phenoxy) is 1. The molecule has 126 valence electrons. The number of rotatable bonds is 5. The molecule has 5 heteroatoms. The Bertz CT molecular complexity index is 546. The highest BCUT2D eigenvalue weighted by molar-refractivity contribution is 5.75. The van der Waals surface area contributed by atoms with E-state index in [1.807, 2.05) is 17.0 Å². The van der Waals surface area contributed by atoms with Crippen molar-refractivity contribution in [1.29, 1.82) is 0 Å². The van der Waals surface area contributed by atoms with Crippen molar-refractivity contribution in [3.63, 3.8) is 0 Å². The molecule has 3 atom stereocenters. The third kappa shape index (κ3) is 2.94. The highest BCUT2D eigenvalue weighted by atomic mass is 16.5. The van der Waals surface area contributed by atoms with E-state index < -0.39 is 0 Å². The molecule has 1 aliphatic carbocycles. The lowest BCUT2D eigenvalue weighted by molar-refractivity contribution is -0.143. The molecule has 1 aliphatic heterocycles. The van der Waals surface area contributed by atoms with Gasteiger partial charge >= 0.3 is 6.03 Å². The first-order valence-corrected chi connectivity index (χ1v) is 8.60. The van der Waals surface area contributed by atoms with Gasteiger partial charge in [0.2, 0.25) is 0 Å². The molecule has 3 unspecified atom stereocenters. The van der Waals surface area contributed by atoms with Gasteiger partial charge in [0.1, 0.15) is 0 Å². The Hall–Kier alpha value is -1.62. The second-order valence-corrected chi connectivity index (χ2v) is 7.22. The molecule has 0 bridgehead atoms. The quantitative estimate of drug-likeness (QED) is 0.908. The number of fused-ring (bicyclic) bond motifs is 1. The second-order valence-electron chi connectivity index (χ2n) is 7.22. The van der Waals surface area contributed by atoms with Crippen molar-refractivity contribution in [2.75, 3.05) is 13.2 Å². The SMILES string of the molecule is CCCN(C(=O)NCc1cccnc1)C1C2CCOC2C1(C)C. The summed E-state index contributed by atoms with van der Waals surface area (Å²) in [5.74, 6) is 0.487. The lowest BCUT2D eigenvalue weighted by Crippen LogP contribution is -2.68. The number of nitrogens with one attached hydrogen (secondary N) is 1. The van der Waals surface area contributed by atoms with Gasteiger partial charge in [-0.3, -0.25) is 4.98 Å². The molecule has 3 rings (SSSR count). The van der Waals surface area contributed by atoms with Crippen molar-refractivity contribution in [2.45, 2.75) is 52.3 Å². The molecule has 1 saturated carbocycles. The Balaban J connectivity index is 1.67. The molecular weight excluding hydrogens is 290 g/mol. The van der Waals surface area contributed by atoms with Crippen molar-refractivity contribution in [3.8, 4) is 0 Å². The van der Waals surface area contributed by atoms with Gasteiger partial charge in [-0.05, 0) is 24.5 Å². The van der Waals surface area contributed by atoms with E-state index in [1.165, 1.54) is 0 Å². The second kappa shape index (κ2) is 6.48. The van der Waals surface area contributed by atoms with E-state index in [-0.39, 0.29) is 17.5 Å². The van der Waals surface area contributed by atoms with Gasteiger partial charge < -0.3 is 15.0 Å². The molecule has 1 aromatic rings. The highest BCUT2D eigenvalue weighted by Gasteiger charge is 2.61. The molecule has 1 N–H and O–H groups in total. The third-order valence-electron chi connectivity index (χ3n) is 5.27. The fourth-order valence-corrected chi connectivity index (χ4v) is 4.32. The minimum absolute atomic E-state index is 0.0270. The Morgan fingerprint density at radius 3 is 3.04 bits per heavy atom. The van der Waals surface area contributed by atoms with Crippen LogP contribution >= 0.6 is 0 Å². The first-order chi connectivity index (χ1) is 11.1. The van der Waals surface area contributed by atoms with E-state index in [9.17, 15) is 4.79 Å². The maximum absolute atomic E-state index is 12.8. The normalized spacial score (nSPS) is 27.9. The average molecular weight is 317 g/mol. The molecule has 0 radical (unpaired) electrons. The fourth-order valence-electron chi connectivity index (χ4n) is 4.32. The van der Waals surface area contributed by atoms with Crippen molar-refractivity contribution in [2.24, 2.45) is 11.3 Å². The number of carbonyl (C=O) groups is 1. The predicted molar refractivity (Wildman–Crippen MR) is 88.9 cm³/mol. The number of hydrogen-bond donors (Lipinski definition) is 1. The summed E-state index contributed by atoms with van der Waals surface area (Å²) >= 11 is 0. The Labute approximate surface area is 138 Å². The summed E-state index contributed by atoms with van der Waals surface area (Å²) in [6, 6.07) is 4.16. The molecule has 2 fully saturated rings. The average Bonchev–Trinajstić information content (AvgIpc) is 2.99. The number of aromatic nitrogens is 1. The monoisotopic (exact) mass is 317 g/mol. The van der Waals surface area contributed by atoms with Gasteiger partial charge in [0.05, 0.1) is 6.10 Å². The van der Waals surface area contributed by atoms with E-state index in [1.54, 1.807) is 12.4 Å². The largest absolute Gasteiger partial charge is 0.377 e. The smallest absolute Gasteiger partial charge is 0.317 e. The van der Waals surface area contributed by atoms with E-state index in [0.717, 1.165) is 31.6 Å². The molecule has 2 heterocycles. The zero-order valence-corrected chi connectivity index (χ0v) is 14.3. The van der Waals surface area contributed by atoms with Crippen LogP contribution in [-0.4, -0.2) is 41.2 Å². The lowest BCUT2D eigenvalue weighted by Gasteiger charge is -2.58. The van der Waals surface area contributed by atoms with Crippen LogP contribution in [0.15, 0.2) is 24.5 Å². The van der Waals surface area contributed by atoms with E-state index in [0.29, 0.717) is 18.6 Å². The number of carbonyl (C=O) groups excluding carboxylic acids is 1. The molecule has 2 amide bonds. The van der Waals surface area contributed by atoms with Crippen molar-refractivity contribution in [1.82, 2.24) is 15.2 Å². The summed E-state index contributed by atoms with van der Waals surface area (Å²) in [6.07, 6.45) is 5.86. The van der Waals surface area contributed by atoms with Crippen molar-refractivity contribution in [3.05, 3.63) is 30.1 Å². The van der Waals surface area contributed by atoms with E-state index in [4.69, 9.17) is 4.74 Å². The zero-order chi connectivity index (χ0) is 16.4. The summed E-state index contributed by atoms with van der Waals surface area (Å²) in [7, 11) is 0. The Morgan fingerprint density at radius 1 is 1.52 bits per heavy atom. The van der Waals surface area contributed by atoms with Crippen LogP contribution in [0.4, 0.5) is 4.79 Å².